The predicted molar refractivity (Wildman–Crippen MR) is 99.8 cm³/mol. The molecule has 2 aromatic rings. The molecule has 3 heterocycles. The largest absolute Gasteiger partial charge is 0.338 e. The molecule has 2 fully saturated rings. The smallest absolute Gasteiger partial charge is 0.265 e. The summed E-state index contributed by atoms with van der Waals surface area (Å²) >= 11 is 3.21. The van der Waals surface area contributed by atoms with Gasteiger partial charge in [0, 0.05) is 19.1 Å². The predicted octanol–water partition coefficient (Wildman–Crippen LogP) is 3.78. The Morgan fingerprint density at radius 1 is 1.33 bits per heavy atom. The second-order valence-electron chi connectivity index (χ2n) is 6.83. The Labute approximate surface area is 150 Å². The number of thiazole rings is 1. The van der Waals surface area contributed by atoms with E-state index < -0.39 is 0 Å². The molecule has 0 atom stereocenters. The summed E-state index contributed by atoms with van der Waals surface area (Å²) in [4.78, 5) is 21.4. The van der Waals surface area contributed by atoms with Crippen molar-refractivity contribution in [3.63, 3.8) is 0 Å². The lowest BCUT2D eigenvalue weighted by atomic mass is 10.0. The van der Waals surface area contributed by atoms with Crippen LogP contribution < -0.4 is 5.32 Å². The van der Waals surface area contributed by atoms with E-state index in [1.807, 2.05) is 23.3 Å². The minimum absolute atomic E-state index is 0.161. The summed E-state index contributed by atoms with van der Waals surface area (Å²) in [5.41, 5.74) is 0.863. The highest BCUT2D eigenvalue weighted by molar-refractivity contribution is 7.22. The molecule has 1 saturated heterocycles. The molecule has 128 valence electrons. The highest BCUT2D eigenvalue weighted by Gasteiger charge is 2.28. The Morgan fingerprint density at radius 2 is 2.12 bits per heavy atom. The van der Waals surface area contributed by atoms with Crippen LogP contribution in [0.5, 0.6) is 0 Å². The summed E-state index contributed by atoms with van der Waals surface area (Å²) in [6, 6.07) is 4.67. The zero-order chi connectivity index (χ0) is 16.5. The molecule has 6 heteroatoms. The second kappa shape index (κ2) is 6.94. The van der Waals surface area contributed by atoms with Gasteiger partial charge in [-0.1, -0.05) is 6.07 Å². The average molecular weight is 362 g/mol. The molecular weight excluding hydrogens is 338 g/mol. The van der Waals surface area contributed by atoms with Crippen LogP contribution in [-0.4, -0.2) is 41.5 Å². The van der Waals surface area contributed by atoms with Crippen molar-refractivity contribution in [1.82, 2.24) is 15.2 Å². The number of hydrogen-bond acceptors (Lipinski definition) is 5. The van der Waals surface area contributed by atoms with Gasteiger partial charge >= 0.3 is 0 Å². The fourth-order valence-electron chi connectivity index (χ4n) is 3.19. The minimum Gasteiger partial charge on any atom is -0.338 e. The van der Waals surface area contributed by atoms with Crippen LogP contribution in [0.15, 0.2) is 17.5 Å². The summed E-state index contributed by atoms with van der Waals surface area (Å²) in [6.45, 7) is 4.82. The van der Waals surface area contributed by atoms with Crippen LogP contribution in [0.1, 0.15) is 41.0 Å². The maximum absolute atomic E-state index is 12.9. The normalized spacial score (nSPS) is 19.0. The maximum Gasteiger partial charge on any atom is 0.265 e. The van der Waals surface area contributed by atoms with Gasteiger partial charge in [0.25, 0.3) is 5.91 Å². The van der Waals surface area contributed by atoms with E-state index in [0.717, 1.165) is 58.8 Å². The first-order chi connectivity index (χ1) is 11.7. The van der Waals surface area contributed by atoms with Crippen molar-refractivity contribution in [2.75, 3.05) is 19.6 Å². The maximum atomic E-state index is 12.9. The summed E-state index contributed by atoms with van der Waals surface area (Å²) in [5.74, 6) is 1.08. The summed E-state index contributed by atoms with van der Waals surface area (Å²) in [6.07, 6.45) is 4.91. The first kappa shape index (κ1) is 16.2. The van der Waals surface area contributed by atoms with Crippen molar-refractivity contribution in [3.05, 3.63) is 28.1 Å². The summed E-state index contributed by atoms with van der Waals surface area (Å²) in [5, 5.41) is 6.68. The van der Waals surface area contributed by atoms with E-state index in [-0.39, 0.29) is 5.91 Å². The number of carbonyl (C=O) groups excluding carboxylic acids is 1. The molecular formula is C18H23N3OS2. The number of aromatic nitrogens is 1. The minimum atomic E-state index is 0.161. The molecule has 0 bridgehead atoms. The molecule has 1 amide bonds. The van der Waals surface area contributed by atoms with Gasteiger partial charge in [-0.15, -0.1) is 22.7 Å². The van der Waals surface area contributed by atoms with E-state index in [2.05, 4.69) is 16.4 Å². The van der Waals surface area contributed by atoms with Crippen LogP contribution in [0.2, 0.25) is 0 Å². The van der Waals surface area contributed by atoms with Crippen LogP contribution in [0.4, 0.5) is 0 Å². The lowest BCUT2D eigenvalue weighted by Gasteiger charge is -2.32. The number of hydrogen-bond donors (Lipinski definition) is 1. The van der Waals surface area contributed by atoms with E-state index in [1.54, 1.807) is 11.3 Å². The van der Waals surface area contributed by atoms with E-state index in [0.29, 0.717) is 6.04 Å². The molecule has 4 nitrogen and oxygen atoms in total. The van der Waals surface area contributed by atoms with Crippen molar-refractivity contribution in [3.8, 4) is 9.88 Å². The van der Waals surface area contributed by atoms with Gasteiger partial charge in [-0.3, -0.25) is 4.79 Å². The molecule has 2 aliphatic rings. The Kier molecular flexibility index (Phi) is 4.70. The monoisotopic (exact) mass is 361 g/mol. The molecule has 1 aliphatic heterocycles. The van der Waals surface area contributed by atoms with Gasteiger partial charge in [-0.25, -0.2) is 4.98 Å². The Bertz CT molecular complexity index is 698. The fourth-order valence-corrected chi connectivity index (χ4v) is 5.02. The Hall–Kier alpha value is -1.24. The van der Waals surface area contributed by atoms with Crippen LogP contribution in [-0.2, 0) is 0 Å². The summed E-state index contributed by atoms with van der Waals surface area (Å²) in [7, 11) is 0. The molecule has 0 unspecified atom stereocenters. The molecule has 4 rings (SSSR count). The first-order valence-corrected chi connectivity index (χ1v) is 10.4. The lowest BCUT2D eigenvalue weighted by molar-refractivity contribution is 0.0709. The zero-order valence-corrected chi connectivity index (χ0v) is 15.6. The van der Waals surface area contributed by atoms with Gasteiger partial charge < -0.3 is 10.2 Å². The van der Waals surface area contributed by atoms with Crippen molar-refractivity contribution >= 4 is 28.6 Å². The number of piperidine rings is 1. The topological polar surface area (TPSA) is 45.2 Å². The van der Waals surface area contributed by atoms with Crippen molar-refractivity contribution < 1.29 is 4.79 Å². The van der Waals surface area contributed by atoms with Crippen LogP contribution in [0.3, 0.4) is 0 Å². The van der Waals surface area contributed by atoms with Gasteiger partial charge in [0.05, 0.1) is 10.6 Å². The molecule has 2 aromatic heterocycles. The number of likely N-dealkylation sites (tertiary alicyclic amines) is 1. The fraction of sp³-hybridized carbons (Fsp3) is 0.556. The average Bonchev–Trinajstić information content (AvgIpc) is 3.10. The number of rotatable bonds is 5. The van der Waals surface area contributed by atoms with Crippen LogP contribution in [0.25, 0.3) is 9.88 Å². The molecule has 1 saturated carbocycles. The molecule has 0 aromatic carbocycles. The zero-order valence-electron chi connectivity index (χ0n) is 14.0. The van der Waals surface area contributed by atoms with Crippen LogP contribution >= 0.6 is 22.7 Å². The highest BCUT2D eigenvalue weighted by Crippen LogP contribution is 2.32. The van der Waals surface area contributed by atoms with Crippen molar-refractivity contribution in [2.45, 2.75) is 38.6 Å². The van der Waals surface area contributed by atoms with Gasteiger partial charge in [0.15, 0.2) is 0 Å². The van der Waals surface area contributed by atoms with Crippen molar-refractivity contribution in [2.24, 2.45) is 5.92 Å². The highest BCUT2D eigenvalue weighted by atomic mass is 32.1. The quantitative estimate of drug-likeness (QED) is 0.881. The number of nitrogens with one attached hydrogen (secondary N) is 1. The third-order valence-corrected chi connectivity index (χ3v) is 7.08. The third kappa shape index (κ3) is 3.55. The number of carbonyl (C=O) groups is 1. The number of amides is 1. The third-order valence-electron chi connectivity index (χ3n) is 4.90. The molecule has 0 spiro atoms. The number of aryl methyl sites for hydroxylation is 1. The number of thiophene rings is 1. The Balaban J connectivity index is 1.37. The van der Waals surface area contributed by atoms with Crippen LogP contribution in [0, 0.1) is 12.8 Å². The Morgan fingerprint density at radius 3 is 2.79 bits per heavy atom. The second-order valence-corrected chi connectivity index (χ2v) is 8.78. The SMILES string of the molecule is Cc1nc(-c2cccs2)sc1C(=O)N1CCC(NCC2CC2)CC1. The van der Waals surface area contributed by atoms with E-state index in [9.17, 15) is 4.79 Å². The number of nitrogens with zero attached hydrogens (tertiary/aromatic N) is 2. The lowest BCUT2D eigenvalue weighted by Crippen LogP contribution is -2.45. The van der Waals surface area contributed by atoms with Crippen molar-refractivity contribution in [1.29, 1.82) is 0 Å². The molecule has 24 heavy (non-hydrogen) atoms. The standard InChI is InChI=1S/C18H23N3OS2/c1-12-16(24-17(20-12)15-3-2-10-23-15)18(22)21-8-6-14(7-9-21)19-11-13-4-5-13/h2-3,10,13-14,19H,4-9,11H2,1H3. The van der Waals surface area contributed by atoms with Gasteiger partial charge in [-0.2, -0.15) is 0 Å². The van der Waals surface area contributed by atoms with Gasteiger partial charge in [-0.05, 0) is 56.5 Å². The van der Waals surface area contributed by atoms with Gasteiger partial charge in [0.2, 0.25) is 0 Å². The molecule has 0 radical (unpaired) electrons. The molecule has 1 aliphatic carbocycles. The van der Waals surface area contributed by atoms with Gasteiger partial charge in [0.1, 0.15) is 9.88 Å². The first-order valence-electron chi connectivity index (χ1n) is 8.74. The van der Waals surface area contributed by atoms with E-state index >= 15 is 0 Å². The van der Waals surface area contributed by atoms with E-state index in [4.69, 9.17) is 0 Å². The van der Waals surface area contributed by atoms with E-state index in [1.165, 1.54) is 24.2 Å². The summed E-state index contributed by atoms with van der Waals surface area (Å²) < 4.78 is 0. The molecule has 1 N–H and O–H groups in total.